The molecular formula is C13H15F3O2. The highest BCUT2D eigenvalue weighted by Crippen LogP contribution is 2.37. The third-order valence-corrected chi connectivity index (χ3v) is 2.90. The van der Waals surface area contributed by atoms with Gasteiger partial charge < -0.3 is 9.84 Å². The number of aliphatic hydroxyl groups is 1. The molecule has 5 heteroatoms. The first kappa shape index (κ1) is 13.2. The Balaban J connectivity index is 2.18. The number of hydrogen-bond acceptors (Lipinski definition) is 2. The standard InChI is InChI=1S/C13H15F3O2/c1-12(2)6-9-5-8(3-4-11(9)18-12)10(17)7-13(14,15)16/h3-5,10,17H,6-7H2,1-2H3. The van der Waals surface area contributed by atoms with E-state index < -0.39 is 18.7 Å². The molecule has 0 amide bonds. The summed E-state index contributed by atoms with van der Waals surface area (Å²) >= 11 is 0. The summed E-state index contributed by atoms with van der Waals surface area (Å²) in [6, 6.07) is 4.70. The van der Waals surface area contributed by atoms with Gasteiger partial charge in [0, 0.05) is 6.42 Å². The fourth-order valence-electron chi connectivity index (χ4n) is 2.17. The summed E-state index contributed by atoms with van der Waals surface area (Å²) in [6.45, 7) is 3.83. The molecule has 100 valence electrons. The Bertz CT molecular complexity index is 452. The number of halogens is 3. The van der Waals surface area contributed by atoms with Gasteiger partial charge in [0.05, 0.1) is 12.5 Å². The van der Waals surface area contributed by atoms with Gasteiger partial charge in [0.1, 0.15) is 11.4 Å². The maximum Gasteiger partial charge on any atom is 0.391 e. The molecular weight excluding hydrogens is 245 g/mol. The molecule has 1 heterocycles. The maximum atomic E-state index is 12.2. The largest absolute Gasteiger partial charge is 0.487 e. The third kappa shape index (κ3) is 2.96. The van der Waals surface area contributed by atoms with Crippen LogP contribution >= 0.6 is 0 Å². The third-order valence-electron chi connectivity index (χ3n) is 2.90. The molecule has 0 saturated carbocycles. The van der Waals surface area contributed by atoms with Gasteiger partial charge in [-0.2, -0.15) is 13.2 Å². The van der Waals surface area contributed by atoms with Crippen LogP contribution in [0.3, 0.4) is 0 Å². The molecule has 1 aromatic carbocycles. The summed E-state index contributed by atoms with van der Waals surface area (Å²) in [7, 11) is 0. The van der Waals surface area contributed by atoms with Crippen molar-refractivity contribution < 1.29 is 23.0 Å². The molecule has 18 heavy (non-hydrogen) atoms. The Kier molecular flexibility index (Phi) is 3.05. The number of hydrogen-bond donors (Lipinski definition) is 1. The van der Waals surface area contributed by atoms with Gasteiger partial charge in [0.2, 0.25) is 0 Å². The lowest BCUT2D eigenvalue weighted by Gasteiger charge is -2.16. The van der Waals surface area contributed by atoms with E-state index in [0.29, 0.717) is 12.2 Å². The van der Waals surface area contributed by atoms with Crippen LogP contribution in [-0.2, 0) is 6.42 Å². The Morgan fingerprint density at radius 3 is 2.67 bits per heavy atom. The van der Waals surface area contributed by atoms with E-state index in [4.69, 9.17) is 4.74 Å². The Morgan fingerprint density at radius 1 is 1.39 bits per heavy atom. The Labute approximate surface area is 103 Å². The summed E-state index contributed by atoms with van der Waals surface area (Å²) in [4.78, 5) is 0. The first-order valence-corrected chi connectivity index (χ1v) is 5.73. The van der Waals surface area contributed by atoms with Crippen LogP contribution in [-0.4, -0.2) is 16.9 Å². The lowest BCUT2D eigenvalue weighted by Crippen LogP contribution is -2.24. The Hall–Kier alpha value is -1.23. The molecule has 1 aliphatic rings. The van der Waals surface area contributed by atoms with Crippen LogP contribution in [0, 0.1) is 0 Å². The van der Waals surface area contributed by atoms with Crippen LogP contribution in [0.4, 0.5) is 13.2 Å². The number of benzene rings is 1. The molecule has 1 atom stereocenters. The van der Waals surface area contributed by atoms with Gasteiger partial charge in [0.25, 0.3) is 0 Å². The molecule has 0 bridgehead atoms. The first-order chi connectivity index (χ1) is 8.16. The van der Waals surface area contributed by atoms with Crippen LogP contribution in [0.1, 0.15) is 37.5 Å². The second kappa shape index (κ2) is 4.16. The minimum Gasteiger partial charge on any atom is -0.487 e. The predicted octanol–water partition coefficient (Wildman–Crippen LogP) is 3.39. The van der Waals surface area contributed by atoms with Crippen LogP contribution < -0.4 is 4.74 Å². The van der Waals surface area contributed by atoms with Gasteiger partial charge in [-0.3, -0.25) is 0 Å². The minimum atomic E-state index is -4.37. The zero-order chi connectivity index (χ0) is 13.6. The van der Waals surface area contributed by atoms with E-state index in [1.807, 2.05) is 13.8 Å². The lowest BCUT2D eigenvalue weighted by atomic mass is 9.98. The first-order valence-electron chi connectivity index (χ1n) is 5.73. The molecule has 0 spiro atoms. The van der Waals surface area contributed by atoms with Crippen molar-refractivity contribution in [3.05, 3.63) is 29.3 Å². The highest BCUT2D eigenvalue weighted by atomic mass is 19.4. The van der Waals surface area contributed by atoms with Gasteiger partial charge in [-0.15, -0.1) is 0 Å². The number of alkyl halides is 3. The van der Waals surface area contributed by atoms with Gasteiger partial charge in [-0.1, -0.05) is 6.07 Å². The molecule has 1 unspecified atom stereocenters. The minimum absolute atomic E-state index is 0.285. The normalized spacial score (nSPS) is 19.2. The summed E-state index contributed by atoms with van der Waals surface area (Å²) < 4.78 is 42.2. The number of rotatable bonds is 2. The van der Waals surface area contributed by atoms with Gasteiger partial charge >= 0.3 is 6.18 Å². The SMILES string of the molecule is CC1(C)Cc2cc(C(O)CC(F)(F)F)ccc2O1. The van der Waals surface area contributed by atoms with Crippen molar-refractivity contribution in [2.45, 2.75) is 44.6 Å². The number of aliphatic hydroxyl groups excluding tert-OH is 1. The molecule has 1 aromatic rings. The molecule has 0 fully saturated rings. The number of fused-ring (bicyclic) bond motifs is 1. The average Bonchev–Trinajstić information content (AvgIpc) is 2.47. The van der Waals surface area contributed by atoms with E-state index in [0.717, 1.165) is 5.56 Å². The fourth-order valence-corrected chi connectivity index (χ4v) is 2.17. The molecule has 1 N–H and O–H groups in total. The highest BCUT2D eigenvalue weighted by molar-refractivity contribution is 5.42. The molecule has 0 aliphatic carbocycles. The van der Waals surface area contributed by atoms with Crippen molar-refractivity contribution in [3.8, 4) is 5.75 Å². The molecule has 2 nitrogen and oxygen atoms in total. The highest BCUT2D eigenvalue weighted by Gasteiger charge is 2.34. The fraction of sp³-hybridized carbons (Fsp3) is 0.538. The van der Waals surface area contributed by atoms with E-state index in [1.165, 1.54) is 6.07 Å². The van der Waals surface area contributed by atoms with E-state index in [-0.39, 0.29) is 11.2 Å². The van der Waals surface area contributed by atoms with Crippen molar-refractivity contribution in [3.63, 3.8) is 0 Å². The van der Waals surface area contributed by atoms with E-state index in [2.05, 4.69) is 0 Å². The quantitative estimate of drug-likeness (QED) is 0.883. The van der Waals surface area contributed by atoms with E-state index in [1.54, 1.807) is 12.1 Å². The zero-order valence-corrected chi connectivity index (χ0v) is 10.2. The maximum absolute atomic E-state index is 12.2. The van der Waals surface area contributed by atoms with Crippen molar-refractivity contribution in [2.24, 2.45) is 0 Å². The second-order valence-corrected chi connectivity index (χ2v) is 5.24. The topological polar surface area (TPSA) is 29.5 Å². The number of ether oxygens (including phenoxy) is 1. The predicted molar refractivity (Wildman–Crippen MR) is 60.5 cm³/mol. The monoisotopic (exact) mass is 260 g/mol. The second-order valence-electron chi connectivity index (χ2n) is 5.24. The van der Waals surface area contributed by atoms with Crippen molar-refractivity contribution in [1.82, 2.24) is 0 Å². The molecule has 0 radical (unpaired) electrons. The summed E-state index contributed by atoms with van der Waals surface area (Å²) in [6.07, 6.45) is -6.47. The van der Waals surface area contributed by atoms with Crippen LogP contribution in [0.15, 0.2) is 18.2 Å². The lowest BCUT2D eigenvalue weighted by molar-refractivity contribution is -0.154. The van der Waals surface area contributed by atoms with E-state index in [9.17, 15) is 18.3 Å². The zero-order valence-electron chi connectivity index (χ0n) is 10.2. The van der Waals surface area contributed by atoms with Crippen LogP contribution in [0.25, 0.3) is 0 Å². The average molecular weight is 260 g/mol. The van der Waals surface area contributed by atoms with Crippen LogP contribution in [0.5, 0.6) is 5.75 Å². The van der Waals surface area contributed by atoms with Crippen molar-refractivity contribution in [1.29, 1.82) is 0 Å². The molecule has 0 aromatic heterocycles. The Morgan fingerprint density at radius 2 is 2.06 bits per heavy atom. The molecule has 2 rings (SSSR count). The molecule has 1 aliphatic heterocycles. The summed E-state index contributed by atoms with van der Waals surface area (Å²) in [5, 5.41) is 9.56. The van der Waals surface area contributed by atoms with Crippen molar-refractivity contribution >= 4 is 0 Å². The summed E-state index contributed by atoms with van der Waals surface area (Å²) in [5.74, 6) is 0.683. The van der Waals surface area contributed by atoms with Crippen molar-refractivity contribution in [2.75, 3.05) is 0 Å². The summed E-state index contributed by atoms with van der Waals surface area (Å²) in [5.41, 5.74) is 0.793. The van der Waals surface area contributed by atoms with E-state index >= 15 is 0 Å². The van der Waals surface area contributed by atoms with Gasteiger partial charge in [0.15, 0.2) is 0 Å². The van der Waals surface area contributed by atoms with Gasteiger partial charge in [-0.25, -0.2) is 0 Å². The van der Waals surface area contributed by atoms with Crippen LogP contribution in [0.2, 0.25) is 0 Å². The smallest absolute Gasteiger partial charge is 0.391 e. The molecule has 0 saturated heterocycles. The van der Waals surface area contributed by atoms with Gasteiger partial charge in [-0.05, 0) is 37.1 Å².